The fraction of sp³-hybridized carbons (Fsp3) is 0.471. The molecule has 10 nitrogen and oxygen atoms in total. The molecule has 156 valence electrons. The van der Waals surface area contributed by atoms with E-state index in [1.54, 1.807) is 0 Å². The van der Waals surface area contributed by atoms with Crippen molar-refractivity contribution in [2.24, 2.45) is 5.73 Å². The van der Waals surface area contributed by atoms with Gasteiger partial charge in [0.25, 0.3) is 17.9 Å². The third kappa shape index (κ3) is 35.3. The van der Waals surface area contributed by atoms with Gasteiger partial charge >= 0.3 is 0 Å². The van der Waals surface area contributed by atoms with Crippen LogP contribution in [0.1, 0.15) is 26.3 Å². The zero-order valence-electron chi connectivity index (χ0n) is 16.0. The lowest BCUT2D eigenvalue weighted by Gasteiger charge is -2.20. The van der Waals surface area contributed by atoms with E-state index in [1.807, 2.05) is 24.3 Å². The summed E-state index contributed by atoms with van der Waals surface area (Å²) in [5.41, 5.74) is 13.1. The number of rotatable bonds is 6. The topological polar surface area (TPSA) is 187 Å². The quantitative estimate of drug-likeness (QED) is 0.369. The number of anilines is 1. The molecule has 0 heterocycles. The summed E-state index contributed by atoms with van der Waals surface area (Å²) in [4.78, 5) is 29.1. The van der Waals surface area contributed by atoms with E-state index >= 15 is 0 Å². The van der Waals surface area contributed by atoms with Gasteiger partial charge in [0.1, 0.15) is 0 Å². The Bertz CT molecular complexity index is 475. The summed E-state index contributed by atoms with van der Waals surface area (Å²) < 4.78 is 0. The second-order valence-electron chi connectivity index (χ2n) is 5.09. The van der Waals surface area contributed by atoms with Gasteiger partial charge in [-0.2, -0.15) is 0 Å². The van der Waals surface area contributed by atoms with Crippen LogP contribution in [0.15, 0.2) is 24.3 Å². The molecule has 0 amide bonds. The number of nitrogens with zero attached hydrogens (tertiary/aromatic N) is 1. The Hall–Kier alpha value is -2.69. The first-order valence-electron chi connectivity index (χ1n) is 7.92. The van der Waals surface area contributed by atoms with Gasteiger partial charge in [-0.05, 0) is 17.7 Å². The minimum absolute atomic E-state index is 0.162. The monoisotopic (exact) mass is 389 g/mol. The van der Waals surface area contributed by atoms with E-state index in [0.29, 0.717) is 13.1 Å². The van der Waals surface area contributed by atoms with Gasteiger partial charge in [-0.3, -0.25) is 19.3 Å². The molecule has 0 saturated carbocycles. The first kappa shape index (κ1) is 29.1. The number of aliphatic hydroxyl groups is 1. The minimum Gasteiger partial charge on any atom is -0.481 e. The van der Waals surface area contributed by atoms with E-state index in [2.05, 4.69) is 4.90 Å². The fourth-order valence-electron chi connectivity index (χ4n) is 1.48. The molecule has 0 atom stereocenters. The molecule has 0 aliphatic carbocycles. The number of hydrogen-bond acceptors (Lipinski definition) is 7. The maximum absolute atomic E-state index is 9.00. The maximum Gasteiger partial charge on any atom is 0.300 e. The molecule has 8 N–H and O–H groups in total. The lowest BCUT2D eigenvalue weighted by Crippen LogP contribution is -2.31. The molecule has 1 aromatic carbocycles. The van der Waals surface area contributed by atoms with Gasteiger partial charge in [0, 0.05) is 52.6 Å². The number of nitrogens with two attached hydrogens (primary N) is 2. The molecule has 1 rings (SSSR count). The Balaban J connectivity index is -0.000000394. The molecular weight excluding hydrogens is 358 g/mol. The SMILES string of the molecule is CC(=O)O.CC(=O)O.CC(=O)O.NCCN(CCO)Cc1ccc(N)cc1. The second kappa shape index (κ2) is 19.6. The third-order valence-electron chi connectivity index (χ3n) is 2.25. The minimum atomic E-state index is -0.833. The predicted molar refractivity (Wildman–Crippen MR) is 102 cm³/mol. The number of aliphatic hydroxyl groups excluding tert-OH is 1. The number of nitrogen functional groups attached to an aromatic ring is 1. The van der Waals surface area contributed by atoms with Gasteiger partial charge in [0.15, 0.2) is 0 Å². The highest BCUT2D eigenvalue weighted by molar-refractivity contribution is 5.63. The van der Waals surface area contributed by atoms with Gasteiger partial charge in [-0.15, -0.1) is 0 Å². The molecule has 0 saturated heterocycles. The van der Waals surface area contributed by atoms with Crippen LogP contribution in [0.3, 0.4) is 0 Å². The van der Waals surface area contributed by atoms with Crippen molar-refractivity contribution >= 4 is 23.6 Å². The fourth-order valence-corrected chi connectivity index (χ4v) is 1.48. The van der Waals surface area contributed by atoms with Crippen molar-refractivity contribution in [3.05, 3.63) is 29.8 Å². The van der Waals surface area contributed by atoms with Crippen LogP contribution in [0.2, 0.25) is 0 Å². The van der Waals surface area contributed by atoms with Crippen LogP contribution >= 0.6 is 0 Å². The van der Waals surface area contributed by atoms with Crippen LogP contribution in [0.4, 0.5) is 5.69 Å². The number of hydrogen-bond donors (Lipinski definition) is 6. The summed E-state index contributed by atoms with van der Waals surface area (Å²) >= 11 is 0. The van der Waals surface area contributed by atoms with Crippen molar-refractivity contribution in [3.8, 4) is 0 Å². The molecule has 0 radical (unpaired) electrons. The molecule has 0 fully saturated rings. The Kier molecular flexibility index (Phi) is 21.1. The number of benzene rings is 1. The number of carboxylic acids is 3. The van der Waals surface area contributed by atoms with Gasteiger partial charge in [0.05, 0.1) is 6.61 Å². The number of carboxylic acid groups (broad SMARTS) is 3. The first-order chi connectivity index (χ1) is 12.5. The second-order valence-corrected chi connectivity index (χ2v) is 5.09. The Labute approximate surface area is 159 Å². The molecule has 0 aromatic heterocycles. The van der Waals surface area contributed by atoms with Crippen LogP contribution < -0.4 is 11.5 Å². The molecule has 0 spiro atoms. The molecule has 27 heavy (non-hydrogen) atoms. The van der Waals surface area contributed by atoms with Gasteiger partial charge < -0.3 is 31.9 Å². The summed E-state index contributed by atoms with van der Waals surface area (Å²) in [5, 5.41) is 31.1. The largest absolute Gasteiger partial charge is 0.481 e. The van der Waals surface area contributed by atoms with Crippen molar-refractivity contribution in [1.29, 1.82) is 0 Å². The van der Waals surface area contributed by atoms with Crippen LogP contribution in [0.5, 0.6) is 0 Å². The highest BCUT2D eigenvalue weighted by Gasteiger charge is 2.03. The predicted octanol–water partition coefficient (Wildman–Crippen LogP) is 0.295. The standard InChI is InChI=1S/C11H19N3O.3C2H4O2/c12-5-6-14(7-8-15)9-10-1-3-11(13)4-2-10;3*1-2(3)4/h1-4,15H,5-9,12-13H2;3*1H3,(H,3,4). The first-order valence-corrected chi connectivity index (χ1v) is 7.92. The van der Waals surface area contributed by atoms with Gasteiger partial charge in [0.2, 0.25) is 0 Å². The zero-order valence-corrected chi connectivity index (χ0v) is 16.0. The van der Waals surface area contributed by atoms with Crippen molar-refractivity contribution < 1.29 is 34.8 Å². The van der Waals surface area contributed by atoms with E-state index < -0.39 is 17.9 Å². The summed E-state index contributed by atoms with van der Waals surface area (Å²) in [7, 11) is 0. The Morgan fingerprint density at radius 2 is 1.26 bits per heavy atom. The van der Waals surface area contributed by atoms with Crippen molar-refractivity contribution in [2.45, 2.75) is 27.3 Å². The van der Waals surface area contributed by atoms with Crippen LogP contribution in [-0.4, -0.2) is 69.5 Å². The van der Waals surface area contributed by atoms with Crippen molar-refractivity contribution in [2.75, 3.05) is 32.0 Å². The molecule has 1 aromatic rings. The smallest absolute Gasteiger partial charge is 0.300 e. The summed E-state index contributed by atoms with van der Waals surface area (Å²) in [6.45, 7) is 6.27. The lowest BCUT2D eigenvalue weighted by atomic mass is 10.2. The van der Waals surface area contributed by atoms with E-state index in [4.69, 9.17) is 46.3 Å². The highest BCUT2D eigenvalue weighted by Crippen LogP contribution is 2.08. The van der Waals surface area contributed by atoms with Crippen LogP contribution in [0.25, 0.3) is 0 Å². The summed E-state index contributed by atoms with van der Waals surface area (Å²) in [6.07, 6.45) is 0. The van der Waals surface area contributed by atoms with E-state index in [1.165, 1.54) is 5.56 Å². The van der Waals surface area contributed by atoms with Crippen molar-refractivity contribution in [3.63, 3.8) is 0 Å². The average Bonchev–Trinajstić information content (AvgIpc) is 2.48. The summed E-state index contributed by atoms with van der Waals surface area (Å²) in [5.74, 6) is -2.50. The normalized spacial score (nSPS) is 8.81. The highest BCUT2D eigenvalue weighted by atomic mass is 16.4. The zero-order chi connectivity index (χ0) is 21.8. The van der Waals surface area contributed by atoms with Crippen LogP contribution in [-0.2, 0) is 20.9 Å². The molecule has 0 aliphatic heterocycles. The molecule has 0 aliphatic rings. The molecular formula is C17H31N3O7. The van der Waals surface area contributed by atoms with E-state index in [0.717, 1.165) is 39.5 Å². The number of aliphatic carboxylic acids is 3. The van der Waals surface area contributed by atoms with Crippen molar-refractivity contribution in [1.82, 2.24) is 4.90 Å². The molecule has 0 bridgehead atoms. The van der Waals surface area contributed by atoms with E-state index in [9.17, 15) is 0 Å². The van der Waals surface area contributed by atoms with Crippen LogP contribution in [0, 0.1) is 0 Å². The third-order valence-corrected chi connectivity index (χ3v) is 2.25. The molecule has 0 unspecified atom stereocenters. The van der Waals surface area contributed by atoms with Gasteiger partial charge in [-0.1, -0.05) is 12.1 Å². The van der Waals surface area contributed by atoms with E-state index in [-0.39, 0.29) is 6.61 Å². The molecule has 10 heteroatoms. The summed E-state index contributed by atoms with van der Waals surface area (Å²) in [6, 6.07) is 7.76. The lowest BCUT2D eigenvalue weighted by molar-refractivity contribution is -0.135. The van der Waals surface area contributed by atoms with Gasteiger partial charge in [-0.25, -0.2) is 0 Å². The number of carbonyl (C=O) groups is 3. The maximum atomic E-state index is 9.00. The Morgan fingerprint density at radius 3 is 1.56 bits per heavy atom. The average molecular weight is 389 g/mol. The Morgan fingerprint density at radius 1 is 0.889 bits per heavy atom.